The van der Waals surface area contributed by atoms with Crippen molar-refractivity contribution in [2.24, 2.45) is 0 Å². The van der Waals surface area contributed by atoms with Crippen molar-refractivity contribution in [3.05, 3.63) is 63.5 Å². The molecule has 0 spiro atoms. The number of halogens is 1. The number of amides is 1. The molecule has 1 heterocycles. The summed E-state index contributed by atoms with van der Waals surface area (Å²) >= 11 is 5.99. The van der Waals surface area contributed by atoms with Crippen LogP contribution in [-0.4, -0.2) is 20.1 Å². The molecule has 0 radical (unpaired) electrons. The zero-order valence-corrected chi connectivity index (χ0v) is 14.2. The van der Waals surface area contributed by atoms with Crippen molar-refractivity contribution in [2.75, 3.05) is 19.5 Å². The van der Waals surface area contributed by atoms with Gasteiger partial charge in [-0.3, -0.25) is 4.79 Å². The number of hydrogen-bond donors (Lipinski definition) is 1. The van der Waals surface area contributed by atoms with Crippen molar-refractivity contribution < 1.29 is 18.7 Å². The maximum atomic E-state index is 12.4. The summed E-state index contributed by atoms with van der Waals surface area (Å²) in [6, 6.07) is 11.4. The van der Waals surface area contributed by atoms with Crippen molar-refractivity contribution in [1.29, 1.82) is 0 Å². The fourth-order valence-corrected chi connectivity index (χ4v) is 2.60. The van der Waals surface area contributed by atoms with E-state index in [0.29, 0.717) is 27.6 Å². The van der Waals surface area contributed by atoms with Gasteiger partial charge < -0.3 is 19.2 Å². The molecule has 0 aliphatic carbocycles. The van der Waals surface area contributed by atoms with Gasteiger partial charge in [0.15, 0.2) is 17.1 Å². The molecular weight excluding hydrogens is 346 g/mol. The highest BCUT2D eigenvalue weighted by atomic mass is 35.5. The van der Waals surface area contributed by atoms with Gasteiger partial charge in [0, 0.05) is 17.1 Å². The summed E-state index contributed by atoms with van der Waals surface area (Å²) in [6.45, 7) is 0. The molecular formula is C18H14ClNO5. The van der Waals surface area contributed by atoms with Crippen LogP contribution in [0, 0.1) is 0 Å². The average molecular weight is 360 g/mol. The number of anilines is 1. The Balaban J connectivity index is 1.95. The predicted molar refractivity (Wildman–Crippen MR) is 95.0 cm³/mol. The molecule has 128 valence electrons. The van der Waals surface area contributed by atoms with Gasteiger partial charge in [-0.1, -0.05) is 23.7 Å². The second-order valence-corrected chi connectivity index (χ2v) is 5.54. The Labute approximate surface area is 147 Å². The number of fused-ring (bicyclic) bond motifs is 1. The Morgan fingerprint density at radius 3 is 2.56 bits per heavy atom. The van der Waals surface area contributed by atoms with Gasteiger partial charge in [0.1, 0.15) is 5.56 Å². The van der Waals surface area contributed by atoms with Crippen LogP contribution in [0.25, 0.3) is 11.0 Å². The topological polar surface area (TPSA) is 77.8 Å². The molecule has 7 heteroatoms. The summed E-state index contributed by atoms with van der Waals surface area (Å²) in [6.07, 6.45) is 0. The van der Waals surface area contributed by atoms with Crippen LogP contribution in [0.4, 0.5) is 5.69 Å². The van der Waals surface area contributed by atoms with E-state index in [0.717, 1.165) is 0 Å². The third-order valence-electron chi connectivity index (χ3n) is 3.60. The highest BCUT2D eigenvalue weighted by molar-refractivity contribution is 6.34. The Bertz CT molecular complexity index is 1010. The molecule has 2 aromatic carbocycles. The van der Waals surface area contributed by atoms with Crippen LogP contribution in [0.1, 0.15) is 10.4 Å². The van der Waals surface area contributed by atoms with Crippen LogP contribution in [0.15, 0.2) is 51.7 Å². The van der Waals surface area contributed by atoms with E-state index in [9.17, 15) is 9.59 Å². The molecule has 0 aliphatic rings. The molecule has 0 fully saturated rings. The van der Waals surface area contributed by atoms with E-state index in [-0.39, 0.29) is 11.1 Å². The van der Waals surface area contributed by atoms with Crippen LogP contribution in [0.2, 0.25) is 5.02 Å². The number of para-hydroxylation sites is 1. The van der Waals surface area contributed by atoms with Crippen molar-refractivity contribution in [3.8, 4) is 11.5 Å². The second-order valence-electron chi connectivity index (χ2n) is 5.13. The number of carbonyl (C=O) groups excluding carboxylic acids is 1. The highest BCUT2D eigenvalue weighted by Crippen LogP contribution is 2.30. The molecule has 3 aromatic rings. The average Bonchev–Trinajstić information content (AvgIpc) is 2.61. The lowest BCUT2D eigenvalue weighted by atomic mass is 10.1. The smallest absolute Gasteiger partial charge is 0.349 e. The Kier molecular flexibility index (Phi) is 4.63. The largest absolute Gasteiger partial charge is 0.493 e. The van der Waals surface area contributed by atoms with E-state index in [1.807, 2.05) is 0 Å². The molecule has 1 N–H and O–H groups in total. The van der Waals surface area contributed by atoms with Crippen molar-refractivity contribution in [3.63, 3.8) is 0 Å². The molecule has 1 amide bonds. The van der Waals surface area contributed by atoms with Crippen LogP contribution in [0.5, 0.6) is 11.5 Å². The normalized spacial score (nSPS) is 10.5. The van der Waals surface area contributed by atoms with Gasteiger partial charge in [0.2, 0.25) is 0 Å². The van der Waals surface area contributed by atoms with Gasteiger partial charge in [-0.2, -0.15) is 0 Å². The molecule has 6 nitrogen and oxygen atoms in total. The Morgan fingerprint density at radius 1 is 1.08 bits per heavy atom. The highest BCUT2D eigenvalue weighted by Gasteiger charge is 2.16. The number of nitrogens with one attached hydrogen (secondary N) is 1. The lowest BCUT2D eigenvalue weighted by Gasteiger charge is -2.10. The fraction of sp³-hybridized carbons (Fsp3) is 0.111. The molecule has 0 unspecified atom stereocenters. The zero-order valence-electron chi connectivity index (χ0n) is 13.5. The van der Waals surface area contributed by atoms with E-state index in [1.54, 1.807) is 36.4 Å². The number of ether oxygens (including phenoxy) is 2. The molecule has 0 atom stereocenters. The minimum Gasteiger partial charge on any atom is -0.493 e. The third kappa shape index (κ3) is 3.29. The minimum atomic E-state index is -0.765. The standard InChI is InChI=1S/C18H14ClNO5/c1-23-14-7-6-11(9-15(14)24-2)20-17(21)12-8-10-4-3-5-13(19)16(10)25-18(12)22/h3-9H,1-2H3,(H,20,21). The Hall–Kier alpha value is -2.99. The lowest BCUT2D eigenvalue weighted by Crippen LogP contribution is -2.20. The first-order valence-corrected chi connectivity index (χ1v) is 7.67. The van der Waals surface area contributed by atoms with Gasteiger partial charge in [-0.05, 0) is 24.3 Å². The third-order valence-corrected chi connectivity index (χ3v) is 3.90. The first-order valence-electron chi connectivity index (χ1n) is 7.29. The van der Waals surface area contributed by atoms with E-state index >= 15 is 0 Å². The number of benzene rings is 2. The number of hydrogen-bond acceptors (Lipinski definition) is 5. The molecule has 1 aromatic heterocycles. The van der Waals surface area contributed by atoms with Crippen molar-refractivity contribution in [2.45, 2.75) is 0 Å². The maximum Gasteiger partial charge on any atom is 0.349 e. The van der Waals surface area contributed by atoms with Crippen molar-refractivity contribution >= 4 is 34.2 Å². The van der Waals surface area contributed by atoms with Gasteiger partial charge in [-0.25, -0.2) is 4.79 Å². The first kappa shape index (κ1) is 16.9. The summed E-state index contributed by atoms with van der Waals surface area (Å²) in [7, 11) is 3.01. The van der Waals surface area contributed by atoms with Crippen molar-refractivity contribution in [1.82, 2.24) is 0 Å². The molecule has 3 rings (SSSR count). The first-order chi connectivity index (χ1) is 12.0. The summed E-state index contributed by atoms with van der Waals surface area (Å²) in [5.41, 5.74) is -0.187. The predicted octanol–water partition coefficient (Wildman–Crippen LogP) is 3.72. The zero-order chi connectivity index (χ0) is 18.0. The van der Waals surface area contributed by atoms with Gasteiger partial charge in [0.05, 0.1) is 19.2 Å². The lowest BCUT2D eigenvalue weighted by molar-refractivity contribution is 0.102. The van der Waals surface area contributed by atoms with E-state index < -0.39 is 11.5 Å². The number of rotatable bonds is 4. The van der Waals surface area contributed by atoms with Gasteiger partial charge >= 0.3 is 5.63 Å². The van der Waals surface area contributed by atoms with E-state index in [2.05, 4.69) is 5.32 Å². The van der Waals surface area contributed by atoms with E-state index in [1.165, 1.54) is 20.3 Å². The van der Waals surface area contributed by atoms with Gasteiger partial charge in [-0.15, -0.1) is 0 Å². The van der Waals surface area contributed by atoms with Gasteiger partial charge in [0.25, 0.3) is 5.91 Å². The van der Waals surface area contributed by atoms with Crippen LogP contribution >= 0.6 is 11.6 Å². The monoisotopic (exact) mass is 359 g/mol. The second kappa shape index (κ2) is 6.86. The number of methoxy groups -OCH3 is 2. The molecule has 0 aliphatic heterocycles. The molecule has 0 bridgehead atoms. The maximum absolute atomic E-state index is 12.4. The summed E-state index contributed by atoms with van der Waals surface area (Å²) in [4.78, 5) is 24.6. The molecule has 25 heavy (non-hydrogen) atoms. The van der Waals surface area contributed by atoms with Crippen LogP contribution in [0.3, 0.4) is 0 Å². The summed E-state index contributed by atoms with van der Waals surface area (Å²) in [5.74, 6) is 0.390. The fourth-order valence-electron chi connectivity index (χ4n) is 2.38. The van der Waals surface area contributed by atoms with E-state index in [4.69, 9.17) is 25.5 Å². The summed E-state index contributed by atoms with van der Waals surface area (Å²) < 4.78 is 15.5. The quantitative estimate of drug-likeness (QED) is 0.718. The minimum absolute atomic E-state index is 0.121. The molecule has 0 saturated heterocycles. The SMILES string of the molecule is COc1ccc(NC(=O)c2cc3cccc(Cl)c3oc2=O)cc1OC. The number of carbonyl (C=O) groups is 1. The summed E-state index contributed by atoms with van der Waals surface area (Å²) in [5, 5.41) is 3.50. The Morgan fingerprint density at radius 2 is 1.84 bits per heavy atom. The van der Waals surface area contributed by atoms with Crippen LogP contribution in [-0.2, 0) is 0 Å². The van der Waals surface area contributed by atoms with Crippen LogP contribution < -0.4 is 20.4 Å². The molecule has 0 saturated carbocycles.